The largest absolute Gasteiger partial charge is 0.368 e. The van der Waals surface area contributed by atoms with Crippen molar-refractivity contribution in [3.05, 3.63) is 58.1 Å². The highest BCUT2D eigenvalue weighted by Gasteiger charge is 2.22. The molecular formula is C17H15Cl2F2N3O. The Kier molecular flexibility index (Phi) is 5.30. The first-order valence-corrected chi connectivity index (χ1v) is 8.41. The van der Waals surface area contributed by atoms with E-state index in [1.807, 2.05) is 4.90 Å². The van der Waals surface area contributed by atoms with Gasteiger partial charge in [-0.2, -0.15) is 0 Å². The first-order chi connectivity index (χ1) is 12.0. The highest BCUT2D eigenvalue weighted by Crippen LogP contribution is 2.29. The summed E-state index contributed by atoms with van der Waals surface area (Å²) >= 11 is 12.0. The van der Waals surface area contributed by atoms with Crippen LogP contribution in [0.1, 0.15) is 0 Å². The van der Waals surface area contributed by atoms with Crippen LogP contribution in [0, 0.1) is 11.6 Å². The summed E-state index contributed by atoms with van der Waals surface area (Å²) in [5, 5.41) is 3.39. The Hall–Kier alpha value is -2.05. The van der Waals surface area contributed by atoms with E-state index < -0.39 is 11.6 Å². The zero-order valence-electron chi connectivity index (χ0n) is 13.1. The molecule has 132 valence electrons. The van der Waals surface area contributed by atoms with E-state index in [0.717, 1.165) is 12.1 Å². The minimum Gasteiger partial charge on any atom is -0.368 e. The molecule has 2 amide bonds. The monoisotopic (exact) mass is 385 g/mol. The second kappa shape index (κ2) is 7.45. The third-order valence-corrected chi connectivity index (χ3v) is 4.85. The van der Waals surface area contributed by atoms with E-state index in [9.17, 15) is 13.6 Å². The van der Waals surface area contributed by atoms with Gasteiger partial charge >= 0.3 is 6.03 Å². The van der Waals surface area contributed by atoms with Crippen LogP contribution in [0.2, 0.25) is 10.0 Å². The van der Waals surface area contributed by atoms with Crippen molar-refractivity contribution in [2.75, 3.05) is 36.4 Å². The third kappa shape index (κ3) is 3.96. The summed E-state index contributed by atoms with van der Waals surface area (Å²) in [6, 6.07) is 8.52. The fraction of sp³-hybridized carbons (Fsp3) is 0.235. The number of amides is 2. The van der Waals surface area contributed by atoms with Gasteiger partial charge in [0.25, 0.3) is 0 Å². The second-order valence-corrected chi connectivity index (χ2v) is 6.39. The smallest absolute Gasteiger partial charge is 0.322 e. The number of carbonyl (C=O) groups is 1. The molecule has 0 unspecified atom stereocenters. The van der Waals surface area contributed by atoms with Gasteiger partial charge in [0.05, 0.1) is 15.7 Å². The third-order valence-electron chi connectivity index (χ3n) is 4.03. The molecular weight excluding hydrogens is 371 g/mol. The van der Waals surface area contributed by atoms with Crippen LogP contribution in [0.15, 0.2) is 36.4 Å². The van der Waals surface area contributed by atoms with Crippen LogP contribution >= 0.6 is 23.2 Å². The molecule has 2 aromatic carbocycles. The van der Waals surface area contributed by atoms with E-state index in [1.54, 1.807) is 23.1 Å². The molecule has 25 heavy (non-hydrogen) atoms. The highest BCUT2D eigenvalue weighted by molar-refractivity contribution is 6.43. The number of piperazine rings is 1. The molecule has 0 atom stereocenters. The van der Waals surface area contributed by atoms with Crippen molar-refractivity contribution in [3.8, 4) is 0 Å². The summed E-state index contributed by atoms with van der Waals surface area (Å²) in [6.07, 6.45) is 0. The molecule has 1 aliphatic heterocycles. The highest BCUT2D eigenvalue weighted by atomic mass is 35.5. The zero-order valence-corrected chi connectivity index (χ0v) is 14.6. The molecule has 0 aliphatic carbocycles. The molecule has 0 radical (unpaired) electrons. The van der Waals surface area contributed by atoms with E-state index in [4.69, 9.17) is 23.2 Å². The number of anilines is 2. The molecule has 1 N–H and O–H groups in total. The van der Waals surface area contributed by atoms with E-state index >= 15 is 0 Å². The van der Waals surface area contributed by atoms with Crippen LogP contribution < -0.4 is 10.2 Å². The van der Waals surface area contributed by atoms with Crippen molar-refractivity contribution < 1.29 is 13.6 Å². The molecule has 1 heterocycles. The number of benzene rings is 2. The molecule has 1 aliphatic rings. The Labute approximate surface area is 153 Å². The summed E-state index contributed by atoms with van der Waals surface area (Å²) in [6.45, 7) is 1.93. The molecule has 3 rings (SSSR count). The normalized spacial score (nSPS) is 14.6. The van der Waals surface area contributed by atoms with Crippen molar-refractivity contribution in [3.63, 3.8) is 0 Å². The van der Waals surface area contributed by atoms with Gasteiger partial charge in [-0.15, -0.1) is 0 Å². The Morgan fingerprint density at radius 1 is 1.00 bits per heavy atom. The van der Waals surface area contributed by atoms with Gasteiger partial charge in [0.2, 0.25) is 0 Å². The molecule has 1 fully saturated rings. The van der Waals surface area contributed by atoms with Gasteiger partial charge in [-0.25, -0.2) is 13.6 Å². The van der Waals surface area contributed by atoms with Gasteiger partial charge in [0.1, 0.15) is 0 Å². The van der Waals surface area contributed by atoms with E-state index in [2.05, 4.69) is 5.32 Å². The number of carbonyl (C=O) groups excluding carboxylic acids is 1. The quantitative estimate of drug-likeness (QED) is 0.817. The Balaban J connectivity index is 1.60. The van der Waals surface area contributed by atoms with Gasteiger partial charge < -0.3 is 15.1 Å². The van der Waals surface area contributed by atoms with Crippen molar-refractivity contribution in [1.29, 1.82) is 0 Å². The lowest BCUT2D eigenvalue weighted by atomic mass is 10.2. The summed E-state index contributed by atoms with van der Waals surface area (Å²) in [4.78, 5) is 15.9. The van der Waals surface area contributed by atoms with E-state index in [1.165, 1.54) is 6.07 Å². The lowest BCUT2D eigenvalue weighted by Crippen LogP contribution is -2.50. The van der Waals surface area contributed by atoms with Crippen molar-refractivity contribution in [2.24, 2.45) is 0 Å². The van der Waals surface area contributed by atoms with Crippen LogP contribution in [-0.2, 0) is 0 Å². The minimum atomic E-state index is -0.881. The minimum absolute atomic E-state index is 0.283. The predicted molar refractivity (Wildman–Crippen MR) is 95.6 cm³/mol. The van der Waals surface area contributed by atoms with Crippen molar-refractivity contribution >= 4 is 40.6 Å². The van der Waals surface area contributed by atoms with Crippen LogP contribution in [0.25, 0.3) is 0 Å². The molecule has 4 nitrogen and oxygen atoms in total. The lowest BCUT2D eigenvalue weighted by molar-refractivity contribution is 0.208. The van der Waals surface area contributed by atoms with Crippen molar-refractivity contribution in [2.45, 2.75) is 0 Å². The first kappa shape index (κ1) is 17.8. The van der Waals surface area contributed by atoms with Gasteiger partial charge in [0, 0.05) is 37.9 Å². The maximum absolute atomic E-state index is 13.4. The maximum atomic E-state index is 13.4. The Morgan fingerprint density at radius 2 is 1.72 bits per heavy atom. The van der Waals surface area contributed by atoms with Crippen LogP contribution in [0.3, 0.4) is 0 Å². The van der Waals surface area contributed by atoms with Gasteiger partial charge in [-0.05, 0) is 24.3 Å². The Bertz CT molecular complexity index is 795. The fourth-order valence-corrected chi connectivity index (χ4v) is 2.99. The van der Waals surface area contributed by atoms with Gasteiger partial charge in [-0.3, -0.25) is 0 Å². The van der Waals surface area contributed by atoms with Gasteiger partial charge in [0.15, 0.2) is 11.6 Å². The lowest BCUT2D eigenvalue weighted by Gasteiger charge is -2.36. The number of rotatable bonds is 2. The Morgan fingerprint density at radius 3 is 2.40 bits per heavy atom. The molecule has 8 heteroatoms. The number of urea groups is 1. The first-order valence-electron chi connectivity index (χ1n) is 7.65. The number of nitrogens with one attached hydrogen (secondary N) is 1. The number of hydrogen-bond donors (Lipinski definition) is 1. The second-order valence-electron chi connectivity index (χ2n) is 5.60. The number of halogens is 4. The van der Waals surface area contributed by atoms with Crippen LogP contribution in [0.5, 0.6) is 0 Å². The summed E-state index contributed by atoms with van der Waals surface area (Å²) in [5.74, 6) is -1.76. The number of hydrogen-bond acceptors (Lipinski definition) is 2. The molecule has 0 aromatic heterocycles. The van der Waals surface area contributed by atoms with Crippen LogP contribution in [0.4, 0.5) is 25.0 Å². The predicted octanol–water partition coefficient (Wildman–Crippen LogP) is 4.63. The van der Waals surface area contributed by atoms with E-state index in [0.29, 0.717) is 42.6 Å². The average molecular weight is 386 g/mol. The SMILES string of the molecule is O=C(Nc1cccc(Cl)c1Cl)N1CCN(c2ccc(F)c(F)c2)CC1. The van der Waals surface area contributed by atoms with Crippen molar-refractivity contribution in [1.82, 2.24) is 4.90 Å². The summed E-state index contributed by atoms with van der Waals surface area (Å²) < 4.78 is 26.4. The fourth-order valence-electron chi connectivity index (χ4n) is 2.64. The summed E-state index contributed by atoms with van der Waals surface area (Å²) in [5.41, 5.74) is 1.04. The molecule has 0 saturated carbocycles. The molecule has 1 saturated heterocycles. The summed E-state index contributed by atoms with van der Waals surface area (Å²) in [7, 11) is 0. The van der Waals surface area contributed by atoms with Gasteiger partial charge in [-0.1, -0.05) is 29.3 Å². The average Bonchev–Trinajstić information content (AvgIpc) is 2.61. The van der Waals surface area contributed by atoms with E-state index in [-0.39, 0.29) is 11.1 Å². The van der Waals surface area contributed by atoms with Crippen LogP contribution in [-0.4, -0.2) is 37.1 Å². The molecule has 2 aromatic rings. The standard InChI is InChI=1S/C17H15Cl2F2N3O/c18-12-2-1-3-15(16(12)19)22-17(25)24-8-6-23(7-9-24)11-4-5-13(20)14(21)10-11/h1-5,10H,6-9H2,(H,22,25). The topological polar surface area (TPSA) is 35.6 Å². The number of nitrogens with zero attached hydrogens (tertiary/aromatic N) is 2. The zero-order chi connectivity index (χ0) is 18.0. The molecule has 0 spiro atoms. The molecule has 0 bridgehead atoms. The maximum Gasteiger partial charge on any atom is 0.322 e.